The van der Waals surface area contributed by atoms with E-state index < -0.39 is 10.7 Å². The van der Waals surface area contributed by atoms with Crippen molar-refractivity contribution in [3.05, 3.63) is 64.3 Å². The smallest absolute Gasteiger partial charge is 0.319 e. The second-order valence-corrected chi connectivity index (χ2v) is 11.2. The first-order chi connectivity index (χ1) is 16.9. The molecule has 3 aromatic rings. The number of carbonyl (C=O) groups excluding carboxylic acids is 1. The van der Waals surface area contributed by atoms with Gasteiger partial charge < -0.3 is 15.2 Å². The molecule has 0 aliphatic rings. The van der Waals surface area contributed by atoms with E-state index in [0.717, 1.165) is 45.8 Å². The Morgan fingerprint density at radius 1 is 1.08 bits per heavy atom. The zero-order chi connectivity index (χ0) is 26.6. The maximum absolute atomic E-state index is 13.3. The lowest BCUT2D eigenvalue weighted by atomic mass is 10.0. The summed E-state index contributed by atoms with van der Waals surface area (Å²) in [5.41, 5.74) is 5.61. The Balaban J connectivity index is 1.96. The summed E-state index contributed by atoms with van der Waals surface area (Å²) >= 11 is 1.27. The second kappa shape index (κ2) is 11.2. The Morgan fingerprint density at radius 3 is 2.25 bits per heavy atom. The summed E-state index contributed by atoms with van der Waals surface area (Å²) in [7, 11) is 0. The second-order valence-electron chi connectivity index (χ2n) is 9.53. The fourth-order valence-corrected chi connectivity index (χ4v) is 4.85. The Kier molecular flexibility index (Phi) is 8.51. The molecule has 0 unspecified atom stereocenters. The van der Waals surface area contributed by atoms with Gasteiger partial charge in [-0.2, -0.15) is 5.10 Å². The number of carbonyl (C=O) groups is 2. The predicted octanol–water partition coefficient (Wildman–Crippen LogP) is 6.49. The number of ether oxygens (including phenoxy) is 1. The number of rotatable bonds is 10. The molecule has 1 heterocycles. The van der Waals surface area contributed by atoms with Crippen LogP contribution in [0.1, 0.15) is 66.4 Å². The van der Waals surface area contributed by atoms with Crippen LogP contribution in [0.2, 0.25) is 0 Å². The number of nitrogens with one attached hydrogen (secondary N) is 1. The topological polar surface area (TPSA) is 93.5 Å². The summed E-state index contributed by atoms with van der Waals surface area (Å²) in [4.78, 5) is 25.6. The van der Waals surface area contributed by atoms with Crippen LogP contribution in [0.5, 0.6) is 5.88 Å². The zero-order valence-corrected chi connectivity index (χ0v) is 22.9. The van der Waals surface area contributed by atoms with Crippen LogP contribution in [0.25, 0.3) is 5.69 Å². The van der Waals surface area contributed by atoms with Gasteiger partial charge in [0, 0.05) is 16.1 Å². The van der Waals surface area contributed by atoms with Gasteiger partial charge in [-0.1, -0.05) is 31.0 Å². The highest BCUT2D eigenvalue weighted by atomic mass is 32.2. The van der Waals surface area contributed by atoms with E-state index in [1.54, 1.807) is 18.5 Å². The lowest BCUT2D eigenvalue weighted by Crippen LogP contribution is -2.26. The Bertz CT molecular complexity index is 1240. The number of benzene rings is 2. The summed E-state index contributed by atoms with van der Waals surface area (Å²) in [6.07, 6.45) is 1.87. The molecule has 0 bridgehead atoms. The van der Waals surface area contributed by atoms with Crippen LogP contribution in [-0.4, -0.2) is 38.1 Å². The van der Waals surface area contributed by atoms with E-state index in [9.17, 15) is 14.7 Å². The highest BCUT2D eigenvalue weighted by Gasteiger charge is 2.28. The lowest BCUT2D eigenvalue weighted by Gasteiger charge is -2.18. The number of aromatic nitrogens is 2. The average molecular weight is 510 g/mol. The number of nitrogens with zero attached hydrogens (tertiary/aromatic N) is 2. The molecule has 3 rings (SSSR count). The molecule has 0 saturated heterocycles. The minimum atomic E-state index is -0.949. The summed E-state index contributed by atoms with van der Waals surface area (Å²) < 4.78 is 6.78. The first kappa shape index (κ1) is 27.3. The highest BCUT2D eigenvalue weighted by Crippen LogP contribution is 2.34. The first-order valence-corrected chi connectivity index (χ1v) is 12.9. The minimum absolute atomic E-state index is 0.294. The molecule has 0 atom stereocenters. The highest BCUT2D eigenvalue weighted by molar-refractivity contribution is 8.01. The summed E-state index contributed by atoms with van der Waals surface area (Å²) in [5.74, 6) is -0.644. The van der Waals surface area contributed by atoms with E-state index in [-0.39, 0.29) is 5.91 Å². The summed E-state index contributed by atoms with van der Waals surface area (Å²) in [6, 6.07) is 11.5. The monoisotopic (exact) mass is 509 g/mol. The fraction of sp³-hybridized carbons (Fsp3) is 0.393. The van der Waals surface area contributed by atoms with Crippen LogP contribution in [0, 0.1) is 27.7 Å². The van der Waals surface area contributed by atoms with E-state index in [2.05, 4.69) is 17.3 Å². The van der Waals surface area contributed by atoms with Crippen molar-refractivity contribution in [3.8, 4) is 11.6 Å². The average Bonchev–Trinajstić information content (AvgIpc) is 3.13. The molecule has 1 amide bonds. The van der Waals surface area contributed by atoms with Crippen LogP contribution in [-0.2, 0) is 4.79 Å². The molecule has 1 aromatic heterocycles. The van der Waals surface area contributed by atoms with Crippen LogP contribution in [0.4, 0.5) is 5.69 Å². The number of thioether (sulfide) groups is 1. The molecule has 8 heteroatoms. The first-order valence-electron chi connectivity index (χ1n) is 12.1. The number of unbranched alkanes of at least 4 members (excludes halogenated alkanes) is 1. The molecule has 36 heavy (non-hydrogen) atoms. The standard InChI is InChI=1S/C28H35N3O4S/c1-8-9-14-35-26-20(5)24(25(32)29-23-18(3)15-17(2)16-19(23)4)30-31(26)21-10-12-22(13-11-21)36-28(6,7)27(33)34/h10-13,15-16H,8-9,14H2,1-7H3,(H,29,32)(H,33,34). The van der Waals surface area contributed by atoms with Gasteiger partial charge >= 0.3 is 5.97 Å². The molecule has 0 saturated carbocycles. The minimum Gasteiger partial charge on any atom is -0.480 e. The van der Waals surface area contributed by atoms with Gasteiger partial charge in [0.1, 0.15) is 4.75 Å². The molecule has 2 N–H and O–H groups in total. The molecular formula is C28H35N3O4S. The molecule has 2 aromatic carbocycles. The molecule has 0 fully saturated rings. The molecule has 0 radical (unpaired) electrons. The third kappa shape index (κ3) is 6.10. The zero-order valence-electron chi connectivity index (χ0n) is 22.1. The lowest BCUT2D eigenvalue weighted by molar-refractivity contribution is -0.138. The van der Waals surface area contributed by atoms with Crippen molar-refractivity contribution in [1.82, 2.24) is 9.78 Å². The van der Waals surface area contributed by atoms with Gasteiger partial charge in [-0.3, -0.25) is 9.59 Å². The number of carboxylic acids is 1. The summed E-state index contributed by atoms with van der Waals surface area (Å²) in [6.45, 7) is 13.8. The van der Waals surface area contributed by atoms with E-state index in [4.69, 9.17) is 4.74 Å². The van der Waals surface area contributed by atoms with E-state index >= 15 is 0 Å². The van der Waals surface area contributed by atoms with Crippen LogP contribution in [0.3, 0.4) is 0 Å². The van der Waals surface area contributed by atoms with Gasteiger partial charge in [-0.05, 0) is 83.4 Å². The number of hydrogen-bond donors (Lipinski definition) is 2. The maximum atomic E-state index is 13.3. The number of hydrogen-bond acceptors (Lipinski definition) is 5. The largest absolute Gasteiger partial charge is 0.480 e. The maximum Gasteiger partial charge on any atom is 0.319 e. The van der Waals surface area contributed by atoms with Gasteiger partial charge in [0.05, 0.1) is 12.3 Å². The Morgan fingerprint density at radius 2 is 1.69 bits per heavy atom. The Labute approximate surface area is 217 Å². The van der Waals surface area contributed by atoms with Gasteiger partial charge in [-0.25, -0.2) is 4.68 Å². The Hall–Kier alpha value is -3.26. The van der Waals surface area contributed by atoms with Crippen molar-refractivity contribution in [2.45, 2.75) is 71.0 Å². The number of carboxylic acid groups (broad SMARTS) is 1. The van der Waals surface area contributed by atoms with Crippen LogP contribution >= 0.6 is 11.8 Å². The van der Waals surface area contributed by atoms with Crippen LogP contribution in [0.15, 0.2) is 41.3 Å². The van der Waals surface area contributed by atoms with E-state index in [1.807, 2.05) is 64.1 Å². The van der Waals surface area contributed by atoms with Gasteiger partial charge in [0.2, 0.25) is 5.88 Å². The van der Waals surface area contributed by atoms with Crippen molar-refractivity contribution in [3.63, 3.8) is 0 Å². The third-order valence-electron chi connectivity index (χ3n) is 5.91. The number of anilines is 1. The van der Waals surface area contributed by atoms with Crippen molar-refractivity contribution in [1.29, 1.82) is 0 Å². The predicted molar refractivity (Wildman–Crippen MR) is 145 cm³/mol. The normalized spacial score (nSPS) is 11.4. The number of aliphatic carboxylic acids is 1. The molecule has 0 aliphatic carbocycles. The molecule has 0 aliphatic heterocycles. The van der Waals surface area contributed by atoms with Crippen molar-refractivity contribution >= 4 is 29.3 Å². The van der Waals surface area contributed by atoms with Gasteiger partial charge in [0.15, 0.2) is 5.69 Å². The van der Waals surface area contributed by atoms with Gasteiger partial charge in [0.25, 0.3) is 5.91 Å². The quantitative estimate of drug-likeness (QED) is 0.240. The third-order valence-corrected chi connectivity index (χ3v) is 7.10. The van der Waals surface area contributed by atoms with Crippen molar-refractivity contribution < 1.29 is 19.4 Å². The summed E-state index contributed by atoms with van der Waals surface area (Å²) in [5, 5.41) is 17.1. The number of amides is 1. The van der Waals surface area contributed by atoms with Crippen molar-refractivity contribution in [2.75, 3.05) is 11.9 Å². The van der Waals surface area contributed by atoms with E-state index in [0.29, 0.717) is 23.7 Å². The fourth-order valence-electron chi connectivity index (χ4n) is 3.90. The van der Waals surface area contributed by atoms with Crippen molar-refractivity contribution in [2.24, 2.45) is 0 Å². The molecule has 192 valence electrons. The molecule has 7 nitrogen and oxygen atoms in total. The molecular weight excluding hydrogens is 474 g/mol. The SMILES string of the molecule is CCCCOc1c(C)c(C(=O)Nc2c(C)cc(C)cc2C)nn1-c1ccc(SC(C)(C)C(=O)O)cc1. The van der Waals surface area contributed by atoms with E-state index in [1.165, 1.54) is 11.8 Å². The number of aryl methyl sites for hydroxylation is 3. The van der Waals surface area contributed by atoms with Gasteiger partial charge in [-0.15, -0.1) is 11.8 Å². The molecule has 0 spiro atoms. The van der Waals surface area contributed by atoms with Crippen LogP contribution < -0.4 is 10.1 Å².